The van der Waals surface area contributed by atoms with Crippen LogP contribution in [-0.2, 0) is 4.74 Å². The fourth-order valence-corrected chi connectivity index (χ4v) is 0.976. The number of rotatable bonds is 6. The third-order valence-electron chi connectivity index (χ3n) is 1.66. The van der Waals surface area contributed by atoms with Gasteiger partial charge in [0.1, 0.15) is 12.0 Å². The number of alkyl halides is 4. The van der Waals surface area contributed by atoms with E-state index in [1.807, 2.05) is 0 Å². The van der Waals surface area contributed by atoms with E-state index in [2.05, 4.69) is 9.47 Å². The van der Waals surface area contributed by atoms with Crippen molar-refractivity contribution in [3.05, 3.63) is 29.8 Å². The highest BCUT2D eigenvalue weighted by molar-refractivity contribution is 5.74. The maximum Gasteiger partial charge on any atom is 0.422 e. The van der Waals surface area contributed by atoms with Crippen molar-refractivity contribution < 1.29 is 31.8 Å². The van der Waals surface area contributed by atoms with Gasteiger partial charge in [-0.15, -0.1) is 0 Å². The zero-order valence-corrected chi connectivity index (χ0v) is 8.41. The number of ether oxygens (including phenoxy) is 2. The summed E-state index contributed by atoms with van der Waals surface area (Å²) >= 11 is 0. The molecule has 7 heteroatoms. The first-order chi connectivity index (χ1) is 7.93. The number of halogens is 4. The van der Waals surface area contributed by atoms with Gasteiger partial charge in [-0.1, -0.05) is 0 Å². The first kappa shape index (κ1) is 13.4. The topological polar surface area (TPSA) is 35.5 Å². The van der Waals surface area contributed by atoms with E-state index < -0.39 is 19.3 Å². The predicted octanol–water partition coefficient (Wildman–Crippen LogP) is 2.71. The van der Waals surface area contributed by atoms with Crippen LogP contribution in [0.15, 0.2) is 24.3 Å². The Labute approximate surface area is 93.9 Å². The van der Waals surface area contributed by atoms with Gasteiger partial charge in [0.2, 0.25) is 0 Å². The van der Waals surface area contributed by atoms with Crippen molar-refractivity contribution in [3.8, 4) is 5.75 Å². The highest BCUT2D eigenvalue weighted by Gasteiger charge is 2.33. The molecule has 0 unspecified atom stereocenters. The van der Waals surface area contributed by atoms with E-state index >= 15 is 0 Å². The maximum absolute atomic E-state index is 12.9. The van der Waals surface area contributed by atoms with Crippen molar-refractivity contribution in [2.24, 2.45) is 0 Å². The lowest BCUT2D eigenvalue weighted by Gasteiger charge is -2.17. The first-order valence-electron chi connectivity index (χ1n) is 4.45. The highest BCUT2D eigenvalue weighted by Crippen LogP contribution is 2.22. The van der Waals surface area contributed by atoms with Crippen LogP contribution in [0.5, 0.6) is 5.75 Å². The van der Waals surface area contributed by atoms with Crippen LogP contribution in [0.25, 0.3) is 0 Å². The minimum atomic E-state index is -3.86. The molecule has 0 aliphatic rings. The van der Waals surface area contributed by atoms with Crippen LogP contribution in [0.4, 0.5) is 17.6 Å². The third kappa shape index (κ3) is 4.81. The number of hydrogen-bond donors (Lipinski definition) is 0. The Morgan fingerprint density at radius 1 is 1.24 bits per heavy atom. The SMILES string of the molecule is O=Cc1ccc(OC(F)(F)COC(F)F)cc1. The number of hydrogen-bond acceptors (Lipinski definition) is 3. The van der Waals surface area contributed by atoms with E-state index in [-0.39, 0.29) is 11.3 Å². The van der Waals surface area contributed by atoms with Crippen molar-refractivity contribution in [1.82, 2.24) is 0 Å². The summed E-state index contributed by atoms with van der Waals surface area (Å²) in [6, 6.07) is 4.76. The van der Waals surface area contributed by atoms with E-state index in [4.69, 9.17) is 0 Å². The Balaban J connectivity index is 2.58. The Morgan fingerprint density at radius 3 is 2.29 bits per heavy atom. The Kier molecular flexibility index (Phi) is 4.45. The molecular weight excluding hydrogens is 244 g/mol. The van der Waals surface area contributed by atoms with Gasteiger partial charge < -0.3 is 9.47 Å². The maximum atomic E-state index is 12.9. The molecule has 0 radical (unpaired) electrons. The highest BCUT2D eigenvalue weighted by atomic mass is 19.3. The Bertz CT molecular complexity index is 364. The molecule has 0 atom stereocenters. The van der Waals surface area contributed by atoms with Crippen LogP contribution in [-0.4, -0.2) is 25.6 Å². The second-order valence-corrected chi connectivity index (χ2v) is 3.00. The molecule has 0 bridgehead atoms. The van der Waals surface area contributed by atoms with E-state index in [1.54, 1.807) is 0 Å². The number of carbonyl (C=O) groups excluding carboxylic acids is 1. The fourth-order valence-electron chi connectivity index (χ4n) is 0.976. The molecule has 0 aliphatic carbocycles. The van der Waals surface area contributed by atoms with Crippen LogP contribution in [0.2, 0.25) is 0 Å². The predicted molar refractivity (Wildman–Crippen MR) is 49.4 cm³/mol. The van der Waals surface area contributed by atoms with Gasteiger partial charge in [-0.3, -0.25) is 4.79 Å². The quantitative estimate of drug-likeness (QED) is 0.576. The summed E-state index contributed by atoms with van der Waals surface area (Å²) in [6.45, 7) is -4.85. The monoisotopic (exact) mass is 252 g/mol. The Morgan fingerprint density at radius 2 is 1.82 bits per heavy atom. The van der Waals surface area contributed by atoms with Crippen molar-refractivity contribution in [2.45, 2.75) is 12.7 Å². The second-order valence-electron chi connectivity index (χ2n) is 3.00. The number of carbonyl (C=O) groups is 1. The van der Waals surface area contributed by atoms with Gasteiger partial charge in [0, 0.05) is 5.56 Å². The van der Waals surface area contributed by atoms with Crippen molar-refractivity contribution in [3.63, 3.8) is 0 Å². The van der Waals surface area contributed by atoms with Crippen LogP contribution >= 0.6 is 0 Å². The molecule has 0 aromatic heterocycles. The van der Waals surface area contributed by atoms with E-state index in [9.17, 15) is 22.4 Å². The van der Waals surface area contributed by atoms with Crippen molar-refractivity contribution in [1.29, 1.82) is 0 Å². The van der Waals surface area contributed by atoms with Gasteiger partial charge in [-0.2, -0.15) is 17.6 Å². The molecule has 0 saturated carbocycles. The summed E-state index contributed by atoms with van der Waals surface area (Å²) in [4.78, 5) is 10.3. The molecule has 0 heterocycles. The van der Waals surface area contributed by atoms with Crippen molar-refractivity contribution >= 4 is 6.29 Å². The molecule has 0 fully saturated rings. The summed E-state index contributed by atoms with van der Waals surface area (Å²) in [6.07, 6.45) is -3.33. The zero-order chi connectivity index (χ0) is 12.9. The molecule has 0 amide bonds. The molecule has 0 N–H and O–H groups in total. The second kappa shape index (κ2) is 5.62. The van der Waals surface area contributed by atoms with Crippen LogP contribution in [0, 0.1) is 0 Å². The molecule has 3 nitrogen and oxygen atoms in total. The number of benzene rings is 1. The van der Waals surface area contributed by atoms with Gasteiger partial charge in [-0.05, 0) is 24.3 Å². The summed E-state index contributed by atoms with van der Waals surface area (Å²) < 4.78 is 56.5. The van der Waals surface area contributed by atoms with Gasteiger partial charge in [0.15, 0.2) is 6.61 Å². The molecule has 0 aliphatic heterocycles. The average Bonchev–Trinajstić information content (AvgIpc) is 2.27. The van der Waals surface area contributed by atoms with Crippen LogP contribution < -0.4 is 4.74 Å². The molecule has 1 rings (SSSR count). The van der Waals surface area contributed by atoms with Gasteiger partial charge in [0.05, 0.1) is 0 Å². The lowest BCUT2D eigenvalue weighted by atomic mass is 10.2. The van der Waals surface area contributed by atoms with Gasteiger partial charge >= 0.3 is 12.7 Å². The Hall–Kier alpha value is -1.63. The molecule has 0 saturated heterocycles. The normalized spacial score (nSPS) is 11.6. The first-order valence-corrected chi connectivity index (χ1v) is 4.45. The number of aldehydes is 1. The molecular formula is C10H8F4O3. The summed E-state index contributed by atoms with van der Waals surface area (Å²) in [5.74, 6) is -0.251. The summed E-state index contributed by atoms with van der Waals surface area (Å²) in [5.41, 5.74) is 0.282. The minimum Gasteiger partial charge on any atom is -0.431 e. The smallest absolute Gasteiger partial charge is 0.422 e. The van der Waals surface area contributed by atoms with Crippen molar-refractivity contribution in [2.75, 3.05) is 6.61 Å². The molecule has 17 heavy (non-hydrogen) atoms. The standard InChI is InChI=1S/C10H8F4O3/c11-9(12)16-6-10(13,14)17-8-3-1-7(5-15)2-4-8/h1-5,9H,6H2. The molecule has 0 spiro atoms. The lowest BCUT2D eigenvalue weighted by Crippen LogP contribution is -2.31. The summed E-state index contributed by atoms with van der Waals surface area (Å²) in [5, 5.41) is 0. The molecule has 1 aromatic carbocycles. The molecule has 94 valence electrons. The summed E-state index contributed by atoms with van der Waals surface area (Å²) in [7, 11) is 0. The van der Waals surface area contributed by atoms with E-state index in [0.29, 0.717) is 6.29 Å². The average molecular weight is 252 g/mol. The minimum absolute atomic E-state index is 0.251. The van der Waals surface area contributed by atoms with Crippen LogP contribution in [0.3, 0.4) is 0 Å². The van der Waals surface area contributed by atoms with Gasteiger partial charge in [0.25, 0.3) is 0 Å². The van der Waals surface area contributed by atoms with E-state index in [1.165, 1.54) is 12.1 Å². The largest absolute Gasteiger partial charge is 0.431 e. The third-order valence-corrected chi connectivity index (χ3v) is 1.66. The molecule has 1 aromatic rings. The fraction of sp³-hybridized carbons (Fsp3) is 0.300. The zero-order valence-electron chi connectivity index (χ0n) is 8.41. The van der Waals surface area contributed by atoms with Gasteiger partial charge in [-0.25, -0.2) is 0 Å². The van der Waals surface area contributed by atoms with E-state index in [0.717, 1.165) is 12.1 Å². The van der Waals surface area contributed by atoms with Crippen LogP contribution in [0.1, 0.15) is 10.4 Å². The lowest BCUT2D eigenvalue weighted by molar-refractivity contribution is -0.251.